The predicted molar refractivity (Wildman–Crippen MR) is 195 cm³/mol. The van der Waals surface area contributed by atoms with E-state index in [0.717, 1.165) is 37.0 Å². The maximum Gasteiger partial charge on any atom is 0.224 e. The minimum atomic E-state index is 0.0770. The third-order valence-corrected chi connectivity index (χ3v) is 9.60. The quantitative estimate of drug-likeness (QED) is 0.0457. The van der Waals surface area contributed by atoms with Gasteiger partial charge in [0, 0.05) is 13.3 Å². The Kier molecular flexibility index (Phi) is 27.9. The molecule has 1 amide bonds. The number of rotatable bonds is 32. The minimum absolute atomic E-state index is 0.0770. The minimum Gasteiger partial charge on any atom is -0.307 e. The van der Waals surface area contributed by atoms with Crippen LogP contribution in [0.2, 0.25) is 0 Å². The Morgan fingerprint density at radius 1 is 0.636 bits per heavy atom. The highest BCUT2D eigenvalue weighted by Gasteiger charge is 2.35. The standard InChI is InChI=1S/C40H75N3O/c1-4-6-8-10-12-14-16-18-20-22-24-26-28-30-32-34-40(44)42-39(3)43(37-35-41-38-43)36-33-31-29-27-25-23-21-19-17-15-13-11-9-7-5-2/h18,20,31,33,38-39H,4-17,19,21-30,32,34-37H2,1-3H3/p+1/b20-18-,33-31?. The second-order valence-electron chi connectivity index (χ2n) is 13.8. The van der Waals surface area contributed by atoms with Gasteiger partial charge in [-0.3, -0.25) is 9.28 Å². The molecule has 0 aromatic carbocycles. The van der Waals surface area contributed by atoms with Crippen LogP contribution in [0.15, 0.2) is 29.3 Å². The molecule has 4 nitrogen and oxygen atoms in total. The Hall–Kier alpha value is -1.42. The van der Waals surface area contributed by atoms with Crippen LogP contribution >= 0.6 is 0 Å². The van der Waals surface area contributed by atoms with Gasteiger partial charge in [-0.1, -0.05) is 154 Å². The van der Waals surface area contributed by atoms with Crippen molar-refractivity contribution in [1.82, 2.24) is 5.32 Å². The molecule has 0 spiro atoms. The Bertz CT molecular complexity index is 730. The highest BCUT2D eigenvalue weighted by molar-refractivity contribution is 5.76. The molecule has 0 bridgehead atoms. The molecule has 0 aliphatic carbocycles. The van der Waals surface area contributed by atoms with Crippen LogP contribution in [0.5, 0.6) is 0 Å². The van der Waals surface area contributed by atoms with Crippen LogP contribution in [-0.2, 0) is 4.79 Å². The predicted octanol–water partition coefficient (Wildman–Crippen LogP) is 12.0. The molecule has 1 aliphatic rings. The van der Waals surface area contributed by atoms with Crippen LogP contribution in [0.1, 0.15) is 194 Å². The van der Waals surface area contributed by atoms with Crippen molar-refractivity contribution in [2.24, 2.45) is 4.99 Å². The summed E-state index contributed by atoms with van der Waals surface area (Å²) in [5.74, 6) is 0.202. The first-order chi connectivity index (χ1) is 21.6. The lowest BCUT2D eigenvalue weighted by Crippen LogP contribution is -2.59. The SMILES string of the molecule is CCCCCCCC/C=C\CCCCCCCC(=O)NC(C)[N+]1(CC=CCCCCCCCCCCCCCC)C=NCC1. The molecule has 4 heteroatoms. The third-order valence-electron chi connectivity index (χ3n) is 9.60. The number of amides is 1. The number of quaternary nitrogens is 1. The van der Waals surface area contributed by atoms with Crippen molar-refractivity contribution in [3.63, 3.8) is 0 Å². The van der Waals surface area contributed by atoms with E-state index in [4.69, 9.17) is 0 Å². The summed E-state index contributed by atoms with van der Waals surface area (Å²) >= 11 is 0. The molecule has 0 saturated carbocycles. The molecular formula is C40H76N3O+. The zero-order valence-corrected chi connectivity index (χ0v) is 30.0. The number of carbonyl (C=O) groups excluding carboxylic acids is 1. The average molecular weight is 615 g/mol. The highest BCUT2D eigenvalue weighted by Crippen LogP contribution is 2.17. The summed E-state index contributed by atoms with van der Waals surface area (Å²) < 4.78 is 0.757. The van der Waals surface area contributed by atoms with Crippen molar-refractivity contribution in [2.75, 3.05) is 19.6 Å². The van der Waals surface area contributed by atoms with Crippen molar-refractivity contribution < 1.29 is 9.28 Å². The van der Waals surface area contributed by atoms with Gasteiger partial charge >= 0.3 is 0 Å². The van der Waals surface area contributed by atoms with E-state index in [2.05, 4.69) is 61.7 Å². The summed E-state index contributed by atoms with van der Waals surface area (Å²) in [4.78, 5) is 17.3. The fraction of sp³-hybridized carbons (Fsp3) is 0.850. The number of unbranched alkanes of at least 4 members (excludes halogenated alkanes) is 23. The Balaban J connectivity index is 2.05. The van der Waals surface area contributed by atoms with Crippen LogP contribution in [0, 0.1) is 0 Å². The van der Waals surface area contributed by atoms with Crippen molar-refractivity contribution >= 4 is 12.2 Å². The number of hydrogen-bond donors (Lipinski definition) is 1. The summed E-state index contributed by atoms with van der Waals surface area (Å²) in [6.07, 6.45) is 47.0. The molecule has 1 rings (SSSR count). The summed E-state index contributed by atoms with van der Waals surface area (Å²) in [5, 5.41) is 3.31. The Morgan fingerprint density at radius 2 is 1.05 bits per heavy atom. The molecule has 2 unspecified atom stereocenters. The molecule has 0 aromatic heterocycles. The molecule has 0 aromatic rings. The van der Waals surface area contributed by atoms with E-state index in [0.29, 0.717) is 6.42 Å². The molecule has 2 atom stereocenters. The van der Waals surface area contributed by atoms with Crippen LogP contribution < -0.4 is 5.32 Å². The average Bonchev–Trinajstić information content (AvgIpc) is 3.51. The molecule has 256 valence electrons. The van der Waals surface area contributed by atoms with Crippen LogP contribution in [0.25, 0.3) is 0 Å². The molecule has 0 radical (unpaired) electrons. The third kappa shape index (κ3) is 23.0. The van der Waals surface area contributed by atoms with E-state index in [1.54, 1.807) is 0 Å². The number of nitrogens with one attached hydrogen (secondary N) is 1. The summed E-state index contributed by atoms with van der Waals surface area (Å²) in [6, 6.07) is 0. The van der Waals surface area contributed by atoms with Gasteiger partial charge in [0.05, 0.1) is 6.54 Å². The van der Waals surface area contributed by atoms with Gasteiger partial charge in [-0.2, -0.15) is 0 Å². The lowest BCUT2D eigenvalue weighted by Gasteiger charge is -2.35. The Labute approximate surface area is 275 Å². The van der Waals surface area contributed by atoms with E-state index >= 15 is 0 Å². The monoisotopic (exact) mass is 615 g/mol. The van der Waals surface area contributed by atoms with Crippen molar-refractivity contribution in [2.45, 2.75) is 200 Å². The normalized spacial score (nSPS) is 17.3. The van der Waals surface area contributed by atoms with E-state index in [-0.39, 0.29) is 12.1 Å². The number of aliphatic imine (C=N–C) groups is 1. The first-order valence-corrected chi connectivity index (χ1v) is 19.6. The van der Waals surface area contributed by atoms with Crippen LogP contribution in [0.3, 0.4) is 0 Å². The van der Waals surface area contributed by atoms with Crippen molar-refractivity contribution in [1.29, 1.82) is 0 Å². The number of allylic oxidation sites excluding steroid dienone is 3. The molecule has 1 N–H and O–H groups in total. The second-order valence-corrected chi connectivity index (χ2v) is 13.8. The van der Waals surface area contributed by atoms with Gasteiger partial charge in [0.25, 0.3) is 0 Å². The van der Waals surface area contributed by atoms with Gasteiger partial charge in [-0.15, -0.1) is 0 Å². The van der Waals surface area contributed by atoms with Gasteiger partial charge in [-0.25, -0.2) is 4.99 Å². The smallest absolute Gasteiger partial charge is 0.224 e. The molecule has 1 heterocycles. The van der Waals surface area contributed by atoms with E-state index < -0.39 is 0 Å². The zero-order valence-electron chi connectivity index (χ0n) is 30.0. The van der Waals surface area contributed by atoms with Crippen LogP contribution in [-0.4, -0.2) is 42.5 Å². The van der Waals surface area contributed by atoms with Crippen LogP contribution in [0.4, 0.5) is 0 Å². The first-order valence-electron chi connectivity index (χ1n) is 19.6. The maximum absolute atomic E-state index is 12.7. The largest absolute Gasteiger partial charge is 0.307 e. The van der Waals surface area contributed by atoms with Gasteiger partial charge in [0.1, 0.15) is 13.1 Å². The fourth-order valence-electron chi connectivity index (χ4n) is 6.39. The summed E-state index contributed by atoms with van der Waals surface area (Å²) in [5.41, 5.74) is 0. The van der Waals surface area contributed by atoms with Crippen molar-refractivity contribution in [3.05, 3.63) is 24.3 Å². The number of carbonyl (C=O) groups is 1. The molecule has 0 fully saturated rings. The van der Waals surface area contributed by atoms with E-state index in [9.17, 15) is 4.79 Å². The summed E-state index contributed by atoms with van der Waals surface area (Å²) in [6.45, 7) is 9.50. The zero-order chi connectivity index (χ0) is 31.8. The highest BCUT2D eigenvalue weighted by atomic mass is 16.1. The van der Waals surface area contributed by atoms with E-state index in [1.807, 2.05) is 0 Å². The molecule has 0 saturated heterocycles. The number of nitrogens with zero attached hydrogens (tertiary/aromatic N) is 2. The van der Waals surface area contributed by atoms with Gasteiger partial charge in [0.2, 0.25) is 5.91 Å². The Morgan fingerprint density at radius 3 is 1.48 bits per heavy atom. The first kappa shape index (κ1) is 40.6. The fourth-order valence-corrected chi connectivity index (χ4v) is 6.39. The topological polar surface area (TPSA) is 41.5 Å². The number of hydrogen-bond acceptors (Lipinski definition) is 2. The van der Waals surface area contributed by atoms with Gasteiger partial charge in [-0.05, 0) is 51.0 Å². The lowest BCUT2D eigenvalue weighted by atomic mass is 10.0. The van der Waals surface area contributed by atoms with Gasteiger partial charge in [0.15, 0.2) is 12.5 Å². The maximum atomic E-state index is 12.7. The second kappa shape index (κ2) is 30.2. The molecule has 44 heavy (non-hydrogen) atoms. The lowest BCUT2D eigenvalue weighted by molar-refractivity contribution is -0.849. The van der Waals surface area contributed by atoms with Crippen molar-refractivity contribution in [3.8, 4) is 0 Å². The molecular weight excluding hydrogens is 538 g/mol. The van der Waals surface area contributed by atoms with E-state index in [1.165, 1.54) is 154 Å². The summed E-state index contributed by atoms with van der Waals surface area (Å²) in [7, 11) is 0. The van der Waals surface area contributed by atoms with Gasteiger partial charge < -0.3 is 5.32 Å². The molecule has 1 aliphatic heterocycles.